The molecule has 0 aromatic heterocycles. The van der Waals surface area contributed by atoms with Crippen LogP contribution >= 0.6 is 0 Å². The first-order chi connectivity index (χ1) is 8.31. The van der Waals surface area contributed by atoms with Crippen molar-refractivity contribution in [2.75, 3.05) is 6.54 Å². The Bertz CT molecular complexity index is 220. The molecule has 0 aromatic rings. The summed E-state index contributed by atoms with van der Waals surface area (Å²) in [6.45, 7) is 5.64. The predicted octanol–water partition coefficient (Wildman–Crippen LogP) is 3.98. The minimum atomic E-state index is 0.714. The van der Waals surface area contributed by atoms with E-state index in [0.717, 1.165) is 24.8 Å². The Morgan fingerprint density at radius 2 is 1.94 bits per heavy atom. The van der Waals surface area contributed by atoms with Gasteiger partial charge in [0.25, 0.3) is 0 Å². The first-order valence-corrected chi connectivity index (χ1v) is 7.48. The summed E-state index contributed by atoms with van der Waals surface area (Å²) in [5, 5.41) is 3.68. The van der Waals surface area contributed by atoms with Gasteiger partial charge in [-0.15, -0.1) is 12.3 Å². The van der Waals surface area contributed by atoms with Gasteiger partial charge in [0, 0.05) is 12.5 Å². The third-order valence-corrected chi connectivity index (χ3v) is 4.34. The molecule has 1 aliphatic rings. The van der Waals surface area contributed by atoms with Crippen LogP contribution in [0.15, 0.2) is 0 Å². The maximum Gasteiger partial charge on any atom is 0.00955 e. The first-order valence-electron chi connectivity index (χ1n) is 7.48. The molecule has 0 spiro atoms. The highest BCUT2D eigenvalue weighted by Gasteiger charge is 2.25. The Balaban J connectivity index is 2.34. The van der Waals surface area contributed by atoms with Crippen molar-refractivity contribution in [1.82, 2.24) is 5.32 Å². The van der Waals surface area contributed by atoms with E-state index in [9.17, 15) is 0 Å². The van der Waals surface area contributed by atoms with E-state index in [0.29, 0.717) is 6.04 Å². The summed E-state index contributed by atoms with van der Waals surface area (Å²) < 4.78 is 0. The van der Waals surface area contributed by atoms with Crippen molar-refractivity contribution in [3.8, 4) is 12.3 Å². The fourth-order valence-electron chi connectivity index (χ4n) is 3.19. The van der Waals surface area contributed by atoms with Gasteiger partial charge in [-0.25, -0.2) is 0 Å². The highest BCUT2D eigenvalue weighted by atomic mass is 14.9. The summed E-state index contributed by atoms with van der Waals surface area (Å²) in [4.78, 5) is 0. The van der Waals surface area contributed by atoms with Crippen LogP contribution in [0.3, 0.4) is 0 Å². The molecule has 17 heavy (non-hydrogen) atoms. The van der Waals surface area contributed by atoms with Gasteiger partial charge in [0.2, 0.25) is 0 Å². The molecule has 1 N–H and O–H groups in total. The maximum atomic E-state index is 5.33. The summed E-state index contributed by atoms with van der Waals surface area (Å²) in [6.07, 6.45) is 15.8. The number of hydrogen-bond donors (Lipinski definition) is 1. The molecule has 0 aliphatic heterocycles. The Kier molecular flexibility index (Phi) is 7.37. The minimum Gasteiger partial charge on any atom is -0.314 e. The molecule has 1 atom stereocenters. The molecule has 1 saturated carbocycles. The van der Waals surface area contributed by atoms with Crippen molar-refractivity contribution in [3.05, 3.63) is 0 Å². The molecule has 1 unspecified atom stereocenters. The molecule has 0 radical (unpaired) electrons. The van der Waals surface area contributed by atoms with Gasteiger partial charge in [-0.2, -0.15) is 0 Å². The van der Waals surface area contributed by atoms with Crippen molar-refractivity contribution >= 4 is 0 Å². The molecule has 0 saturated heterocycles. The van der Waals surface area contributed by atoms with E-state index in [1.54, 1.807) is 0 Å². The number of rotatable bonds is 7. The normalized spacial score (nSPS) is 26.4. The maximum absolute atomic E-state index is 5.33. The van der Waals surface area contributed by atoms with E-state index in [4.69, 9.17) is 6.42 Å². The largest absolute Gasteiger partial charge is 0.314 e. The zero-order valence-electron chi connectivity index (χ0n) is 11.7. The summed E-state index contributed by atoms with van der Waals surface area (Å²) in [5.74, 6) is 4.65. The zero-order valence-corrected chi connectivity index (χ0v) is 11.7. The van der Waals surface area contributed by atoms with Gasteiger partial charge in [0.05, 0.1) is 0 Å². The summed E-state index contributed by atoms with van der Waals surface area (Å²) >= 11 is 0. The summed E-state index contributed by atoms with van der Waals surface area (Å²) in [5.41, 5.74) is 0. The smallest absolute Gasteiger partial charge is 0.00955 e. The fourth-order valence-corrected chi connectivity index (χ4v) is 3.19. The molecule has 0 heterocycles. The molecule has 1 nitrogen and oxygen atoms in total. The van der Waals surface area contributed by atoms with Crippen LogP contribution in [-0.2, 0) is 0 Å². The molecule has 0 aromatic carbocycles. The van der Waals surface area contributed by atoms with Crippen LogP contribution in [0, 0.1) is 24.2 Å². The van der Waals surface area contributed by atoms with Crippen LogP contribution in [-0.4, -0.2) is 12.6 Å². The Morgan fingerprint density at radius 3 is 2.47 bits per heavy atom. The molecule has 0 bridgehead atoms. The van der Waals surface area contributed by atoms with Crippen molar-refractivity contribution < 1.29 is 0 Å². The van der Waals surface area contributed by atoms with Crippen LogP contribution in [0.1, 0.15) is 65.2 Å². The fraction of sp³-hybridized carbons (Fsp3) is 0.875. The standard InChI is InChI=1S/C16H29N/c1-4-7-8-9-16(17-6-3)15-12-10-14(5-2)11-13-15/h1,14-17H,5-13H2,2-3H3. The van der Waals surface area contributed by atoms with Gasteiger partial charge in [0.15, 0.2) is 0 Å². The Hall–Kier alpha value is -0.480. The number of nitrogens with one attached hydrogen (secondary N) is 1. The van der Waals surface area contributed by atoms with Gasteiger partial charge < -0.3 is 5.32 Å². The average molecular weight is 235 g/mol. The summed E-state index contributed by atoms with van der Waals surface area (Å²) in [7, 11) is 0. The molecule has 98 valence electrons. The van der Waals surface area contributed by atoms with Crippen LogP contribution < -0.4 is 5.32 Å². The molecule has 1 aliphatic carbocycles. The number of unbranched alkanes of at least 4 members (excludes halogenated alkanes) is 1. The monoisotopic (exact) mass is 235 g/mol. The van der Waals surface area contributed by atoms with Crippen molar-refractivity contribution in [2.45, 2.75) is 71.3 Å². The van der Waals surface area contributed by atoms with Gasteiger partial charge in [-0.1, -0.05) is 33.1 Å². The molecule has 1 fully saturated rings. The highest BCUT2D eigenvalue weighted by molar-refractivity contribution is 4.86. The Morgan fingerprint density at radius 1 is 1.24 bits per heavy atom. The SMILES string of the molecule is C#CCCCC(NCC)C1CCC(CC)CC1. The molecular formula is C16H29N. The lowest BCUT2D eigenvalue weighted by atomic mass is 9.76. The van der Waals surface area contributed by atoms with E-state index in [1.807, 2.05) is 0 Å². The van der Waals surface area contributed by atoms with Gasteiger partial charge in [0.1, 0.15) is 0 Å². The molecule has 1 heteroatoms. The van der Waals surface area contributed by atoms with Crippen molar-refractivity contribution in [1.29, 1.82) is 0 Å². The van der Waals surface area contributed by atoms with E-state index in [1.165, 1.54) is 44.9 Å². The minimum absolute atomic E-state index is 0.714. The highest BCUT2D eigenvalue weighted by Crippen LogP contribution is 2.33. The average Bonchev–Trinajstić information content (AvgIpc) is 2.38. The van der Waals surface area contributed by atoms with E-state index in [2.05, 4.69) is 25.1 Å². The van der Waals surface area contributed by atoms with Crippen LogP contribution in [0.5, 0.6) is 0 Å². The van der Waals surface area contributed by atoms with E-state index in [-0.39, 0.29) is 0 Å². The topological polar surface area (TPSA) is 12.0 Å². The Labute approximate surface area is 108 Å². The van der Waals surface area contributed by atoms with Crippen LogP contribution in [0.2, 0.25) is 0 Å². The molecule has 1 rings (SSSR count). The van der Waals surface area contributed by atoms with E-state index >= 15 is 0 Å². The first kappa shape index (κ1) is 14.6. The van der Waals surface area contributed by atoms with E-state index < -0.39 is 0 Å². The molecule has 0 amide bonds. The second-order valence-electron chi connectivity index (χ2n) is 5.45. The lowest BCUT2D eigenvalue weighted by molar-refractivity contribution is 0.211. The van der Waals surface area contributed by atoms with Crippen LogP contribution in [0.4, 0.5) is 0 Å². The second-order valence-corrected chi connectivity index (χ2v) is 5.45. The zero-order chi connectivity index (χ0) is 12.5. The molecular weight excluding hydrogens is 206 g/mol. The third kappa shape index (κ3) is 5.13. The van der Waals surface area contributed by atoms with Crippen molar-refractivity contribution in [3.63, 3.8) is 0 Å². The van der Waals surface area contributed by atoms with Gasteiger partial charge in [-0.3, -0.25) is 0 Å². The third-order valence-electron chi connectivity index (χ3n) is 4.34. The number of hydrogen-bond acceptors (Lipinski definition) is 1. The van der Waals surface area contributed by atoms with Crippen LogP contribution in [0.25, 0.3) is 0 Å². The quantitative estimate of drug-likeness (QED) is 0.520. The predicted molar refractivity (Wildman–Crippen MR) is 75.9 cm³/mol. The summed E-state index contributed by atoms with van der Waals surface area (Å²) in [6, 6.07) is 0.714. The van der Waals surface area contributed by atoms with Gasteiger partial charge in [-0.05, 0) is 44.1 Å². The van der Waals surface area contributed by atoms with Crippen molar-refractivity contribution in [2.24, 2.45) is 11.8 Å². The second kappa shape index (κ2) is 8.59. The van der Waals surface area contributed by atoms with Gasteiger partial charge >= 0.3 is 0 Å². The lowest BCUT2D eigenvalue weighted by Gasteiger charge is -2.34. The lowest BCUT2D eigenvalue weighted by Crippen LogP contribution is -2.38. The number of terminal acetylenes is 1.